The molecule has 0 aliphatic heterocycles. The van der Waals surface area contributed by atoms with E-state index in [0.717, 1.165) is 16.5 Å². The highest BCUT2D eigenvalue weighted by Gasteiger charge is 2.11. The molecule has 7 heteroatoms. The summed E-state index contributed by atoms with van der Waals surface area (Å²) in [6.07, 6.45) is 3.45. The largest absolute Gasteiger partial charge is 0.440 e. The lowest BCUT2D eigenvalue weighted by Gasteiger charge is -2.03. The van der Waals surface area contributed by atoms with Gasteiger partial charge in [0.25, 0.3) is 0 Å². The third-order valence-corrected chi connectivity index (χ3v) is 4.17. The van der Waals surface area contributed by atoms with Crippen LogP contribution in [0.3, 0.4) is 0 Å². The van der Waals surface area contributed by atoms with Crippen molar-refractivity contribution in [2.45, 2.75) is 24.4 Å². The minimum Gasteiger partial charge on any atom is -0.440 e. The van der Waals surface area contributed by atoms with Crippen molar-refractivity contribution in [2.24, 2.45) is 0 Å². The van der Waals surface area contributed by atoms with Crippen molar-refractivity contribution in [1.82, 2.24) is 19.7 Å². The Hall–Kier alpha value is -2.41. The fourth-order valence-corrected chi connectivity index (χ4v) is 2.91. The van der Waals surface area contributed by atoms with E-state index in [1.54, 1.807) is 24.4 Å². The van der Waals surface area contributed by atoms with Gasteiger partial charge < -0.3 is 8.98 Å². The van der Waals surface area contributed by atoms with Crippen LogP contribution in [0.15, 0.2) is 52.7 Å². The average molecular weight is 330 g/mol. The number of hydrogen-bond acceptors (Lipinski definition) is 5. The molecule has 0 aliphatic carbocycles. The van der Waals surface area contributed by atoms with E-state index in [0.29, 0.717) is 23.9 Å². The van der Waals surface area contributed by atoms with Crippen LogP contribution in [0.5, 0.6) is 0 Å². The number of aryl methyl sites for hydroxylation is 1. The summed E-state index contributed by atoms with van der Waals surface area (Å²) in [5.74, 6) is 2.30. The minimum atomic E-state index is -0.277. The van der Waals surface area contributed by atoms with E-state index in [2.05, 4.69) is 21.8 Å². The molecule has 1 aromatic carbocycles. The van der Waals surface area contributed by atoms with Gasteiger partial charge >= 0.3 is 0 Å². The van der Waals surface area contributed by atoms with E-state index in [-0.39, 0.29) is 5.82 Å². The molecule has 0 saturated carbocycles. The number of thioether (sulfide) groups is 1. The molecule has 0 saturated heterocycles. The molecule has 0 unspecified atom stereocenters. The maximum atomic E-state index is 12.9. The van der Waals surface area contributed by atoms with Gasteiger partial charge in [0.15, 0.2) is 10.9 Å². The molecule has 23 heavy (non-hydrogen) atoms. The number of hydrogen-bond donors (Lipinski definition) is 0. The molecule has 5 nitrogen and oxygen atoms in total. The molecule has 3 rings (SSSR count). The van der Waals surface area contributed by atoms with Gasteiger partial charge in [-0.2, -0.15) is 0 Å². The molecular formula is C16H15FN4OS. The Kier molecular flexibility index (Phi) is 4.57. The van der Waals surface area contributed by atoms with Crippen molar-refractivity contribution in [1.29, 1.82) is 0 Å². The SMILES string of the molecule is C=CCn1c(C)nnc1SCc1ncc(-c2ccc(F)cc2)o1. The van der Waals surface area contributed by atoms with E-state index in [4.69, 9.17) is 4.42 Å². The van der Waals surface area contributed by atoms with E-state index in [1.807, 2.05) is 11.5 Å². The van der Waals surface area contributed by atoms with Crippen molar-refractivity contribution in [3.8, 4) is 11.3 Å². The topological polar surface area (TPSA) is 56.7 Å². The maximum absolute atomic E-state index is 12.9. The first-order valence-corrected chi connectivity index (χ1v) is 8.00. The smallest absolute Gasteiger partial charge is 0.205 e. The summed E-state index contributed by atoms with van der Waals surface area (Å²) in [4.78, 5) is 4.25. The van der Waals surface area contributed by atoms with Crippen LogP contribution in [0.25, 0.3) is 11.3 Å². The molecular weight excluding hydrogens is 315 g/mol. The van der Waals surface area contributed by atoms with Crippen LogP contribution < -0.4 is 0 Å². The lowest BCUT2D eigenvalue weighted by atomic mass is 10.2. The Balaban J connectivity index is 1.70. The summed E-state index contributed by atoms with van der Waals surface area (Å²) in [5, 5.41) is 9.00. The van der Waals surface area contributed by atoms with Crippen molar-refractivity contribution in [3.63, 3.8) is 0 Å². The molecule has 0 bridgehead atoms. The van der Waals surface area contributed by atoms with Crippen molar-refractivity contribution >= 4 is 11.8 Å². The van der Waals surface area contributed by atoms with E-state index in [1.165, 1.54) is 23.9 Å². The van der Waals surface area contributed by atoms with Gasteiger partial charge in [-0.25, -0.2) is 9.37 Å². The summed E-state index contributed by atoms with van der Waals surface area (Å²) in [6, 6.07) is 6.12. The summed E-state index contributed by atoms with van der Waals surface area (Å²) >= 11 is 1.50. The number of benzene rings is 1. The standard InChI is InChI=1S/C16H15FN4OS/c1-3-8-21-11(2)19-20-16(21)23-10-15-18-9-14(22-15)12-4-6-13(17)7-5-12/h3-7,9H,1,8,10H2,2H3. The van der Waals surface area contributed by atoms with Gasteiger partial charge in [-0.3, -0.25) is 0 Å². The summed E-state index contributed by atoms with van der Waals surface area (Å²) in [7, 11) is 0. The number of rotatable bonds is 6. The zero-order chi connectivity index (χ0) is 16.2. The highest BCUT2D eigenvalue weighted by Crippen LogP contribution is 2.25. The third-order valence-electron chi connectivity index (χ3n) is 3.22. The molecule has 118 valence electrons. The van der Waals surface area contributed by atoms with Gasteiger partial charge in [-0.15, -0.1) is 16.8 Å². The molecule has 0 radical (unpaired) electrons. The highest BCUT2D eigenvalue weighted by atomic mass is 32.2. The van der Waals surface area contributed by atoms with Crippen molar-refractivity contribution in [3.05, 3.63) is 60.6 Å². The van der Waals surface area contributed by atoms with Gasteiger partial charge in [0.1, 0.15) is 11.6 Å². The molecule has 2 aromatic heterocycles. The fraction of sp³-hybridized carbons (Fsp3) is 0.188. The average Bonchev–Trinajstić information content (AvgIpc) is 3.15. The second-order valence-corrected chi connectivity index (χ2v) is 5.79. The third kappa shape index (κ3) is 3.50. The molecule has 2 heterocycles. The quantitative estimate of drug-likeness (QED) is 0.507. The monoisotopic (exact) mass is 330 g/mol. The predicted octanol–water partition coefficient (Wildman–Crippen LogP) is 3.86. The van der Waals surface area contributed by atoms with Gasteiger partial charge in [0.05, 0.1) is 11.9 Å². The first-order valence-electron chi connectivity index (χ1n) is 7.01. The van der Waals surface area contributed by atoms with E-state index < -0.39 is 0 Å². The first-order chi connectivity index (χ1) is 11.2. The summed E-state index contributed by atoms with van der Waals surface area (Å²) in [5.41, 5.74) is 0.792. The lowest BCUT2D eigenvalue weighted by molar-refractivity contribution is 0.529. The first kappa shape index (κ1) is 15.5. The van der Waals surface area contributed by atoms with Crippen LogP contribution in [0.2, 0.25) is 0 Å². The number of halogens is 1. The van der Waals surface area contributed by atoms with Gasteiger partial charge in [-0.05, 0) is 31.2 Å². The Labute approximate surface area is 137 Å². The Morgan fingerprint density at radius 2 is 2.09 bits per heavy atom. The Bertz CT molecular complexity index is 810. The van der Waals surface area contributed by atoms with E-state index in [9.17, 15) is 4.39 Å². The highest BCUT2D eigenvalue weighted by molar-refractivity contribution is 7.98. The predicted molar refractivity (Wildman–Crippen MR) is 86.4 cm³/mol. The molecule has 0 fully saturated rings. The normalized spacial score (nSPS) is 10.9. The molecule has 0 atom stereocenters. The minimum absolute atomic E-state index is 0.277. The maximum Gasteiger partial charge on any atom is 0.205 e. The van der Waals surface area contributed by atoms with Crippen molar-refractivity contribution in [2.75, 3.05) is 0 Å². The van der Waals surface area contributed by atoms with Crippen LogP contribution in [-0.4, -0.2) is 19.7 Å². The molecule has 0 N–H and O–H groups in total. The van der Waals surface area contributed by atoms with Crippen LogP contribution in [0.4, 0.5) is 4.39 Å². The number of nitrogens with zero attached hydrogens (tertiary/aromatic N) is 4. The Morgan fingerprint density at radius 3 is 2.83 bits per heavy atom. The summed E-state index contributed by atoms with van der Waals surface area (Å²) < 4.78 is 20.6. The number of allylic oxidation sites excluding steroid dienone is 1. The number of oxazole rings is 1. The second kappa shape index (κ2) is 6.78. The van der Waals surface area contributed by atoms with Crippen LogP contribution in [0, 0.1) is 12.7 Å². The van der Waals surface area contributed by atoms with Crippen LogP contribution in [0.1, 0.15) is 11.7 Å². The van der Waals surface area contributed by atoms with Crippen LogP contribution in [-0.2, 0) is 12.3 Å². The molecule has 0 amide bonds. The molecule has 0 spiro atoms. The zero-order valence-corrected chi connectivity index (χ0v) is 13.4. The van der Waals surface area contributed by atoms with Gasteiger partial charge in [0.2, 0.25) is 5.89 Å². The molecule has 3 aromatic rings. The Morgan fingerprint density at radius 1 is 1.30 bits per heavy atom. The molecule has 0 aliphatic rings. The summed E-state index contributed by atoms with van der Waals surface area (Å²) in [6.45, 7) is 6.30. The lowest BCUT2D eigenvalue weighted by Crippen LogP contribution is -2.00. The van der Waals surface area contributed by atoms with Gasteiger partial charge in [0, 0.05) is 12.1 Å². The number of aromatic nitrogens is 4. The fourth-order valence-electron chi connectivity index (χ4n) is 2.06. The van der Waals surface area contributed by atoms with Crippen molar-refractivity contribution < 1.29 is 8.81 Å². The van der Waals surface area contributed by atoms with E-state index >= 15 is 0 Å². The zero-order valence-electron chi connectivity index (χ0n) is 12.6. The second-order valence-electron chi connectivity index (χ2n) is 4.84. The van der Waals surface area contributed by atoms with Crippen LogP contribution >= 0.6 is 11.8 Å². The van der Waals surface area contributed by atoms with Gasteiger partial charge in [-0.1, -0.05) is 17.8 Å².